The molecule has 0 bridgehead atoms. The molecule has 0 unspecified atom stereocenters. The lowest BCUT2D eigenvalue weighted by Gasteiger charge is -2.25. The maximum Gasteiger partial charge on any atom is 0.242 e. The summed E-state index contributed by atoms with van der Waals surface area (Å²) in [6.45, 7) is 5.47. The van der Waals surface area contributed by atoms with Crippen molar-refractivity contribution in [3.8, 4) is 6.07 Å². The average Bonchev–Trinajstić information content (AvgIpc) is 2.74. The summed E-state index contributed by atoms with van der Waals surface area (Å²) in [5, 5.41) is 8.64. The largest absolute Gasteiger partial charge is 0.340 e. The molecule has 0 N–H and O–H groups in total. The molecule has 19 heavy (non-hydrogen) atoms. The summed E-state index contributed by atoms with van der Waals surface area (Å²) in [4.78, 5) is 27.0. The van der Waals surface area contributed by atoms with Crippen molar-refractivity contribution in [1.82, 2.24) is 9.80 Å². The molecule has 1 rings (SSSR count). The molecule has 0 radical (unpaired) electrons. The second-order valence-corrected chi connectivity index (χ2v) is 6.00. The van der Waals surface area contributed by atoms with Gasteiger partial charge in [0.15, 0.2) is 0 Å². The number of carbonyl (C=O) groups excluding carboxylic acids is 2. The highest BCUT2D eigenvalue weighted by atomic mass is 32.2. The van der Waals surface area contributed by atoms with Crippen LogP contribution in [0.25, 0.3) is 0 Å². The van der Waals surface area contributed by atoms with Gasteiger partial charge in [-0.1, -0.05) is 13.8 Å². The first-order chi connectivity index (χ1) is 9.04. The van der Waals surface area contributed by atoms with Crippen LogP contribution in [0.5, 0.6) is 0 Å². The fraction of sp³-hybridized carbons (Fsp3) is 0.769. The molecule has 1 heterocycles. The van der Waals surface area contributed by atoms with E-state index in [1.807, 2.05) is 0 Å². The lowest BCUT2D eigenvalue weighted by molar-refractivity contribution is -0.138. The molecule has 0 aromatic rings. The zero-order valence-electron chi connectivity index (χ0n) is 11.6. The zero-order valence-corrected chi connectivity index (χ0v) is 12.4. The molecule has 1 saturated heterocycles. The van der Waals surface area contributed by atoms with Crippen molar-refractivity contribution in [2.45, 2.75) is 26.7 Å². The van der Waals surface area contributed by atoms with Crippen molar-refractivity contribution in [3.63, 3.8) is 0 Å². The van der Waals surface area contributed by atoms with Crippen LogP contribution in [0.1, 0.15) is 26.7 Å². The summed E-state index contributed by atoms with van der Waals surface area (Å²) >= 11 is 1.53. The molecule has 0 aromatic heterocycles. The van der Waals surface area contributed by atoms with Gasteiger partial charge in [-0.15, -0.1) is 11.8 Å². The monoisotopic (exact) mass is 283 g/mol. The maximum absolute atomic E-state index is 12.2. The normalized spacial score (nSPS) is 14.8. The molecule has 6 heteroatoms. The molecule has 1 aliphatic rings. The summed E-state index contributed by atoms with van der Waals surface area (Å²) in [6.07, 6.45) is 1.26. The molecule has 0 aliphatic carbocycles. The summed E-state index contributed by atoms with van der Waals surface area (Å²) in [6, 6.07) is 2.06. The van der Waals surface area contributed by atoms with Crippen molar-refractivity contribution in [3.05, 3.63) is 0 Å². The average molecular weight is 283 g/mol. The van der Waals surface area contributed by atoms with E-state index in [-0.39, 0.29) is 18.4 Å². The van der Waals surface area contributed by atoms with Gasteiger partial charge < -0.3 is 9.80 Å². The van der Waals surface area contributed by atoms with E-state index in [1.54, 1.807) is 9.80 Å². The molecular weight excluding hydrogens is 262 g/mol. The van der Waals surface area contributed by atoms with E-state index in [0.717, 1.165) is 6.42 Å². The molecule has 1 aliphatic heterocycles. The van der Waals surface area contributed by atoms with Gasteiger partial charge in [-0.05, 0) is 12.3 Å². The minimum Gasteiger partial charge on any atom is -0.340 e. The fourth-order valence-electron chi connectivity index (χ4n) is 1.76. The van der Waals surface area contributed by atoms with Gasteiger partial charge in [0.05, 0.1) is 24.1 Å². The van der Waals surface area contributed by atoms with E-state index in [2.05, 4.69) is 19.9 Å². The number of hydrogen-bond acceptors (Lipinski definition) is 4. The Hall–Kier alpha value is -1.22. The van der Waals surface area contributed by atoms with Gasteiger partial charge in [0.25, 0.3) is 0 Å². The topological polar surface area (TPSA) is 64.4 Å². The highest BCUT2D eigenvalue weighted by molar-refractivity contribution is 8.00. The first-order valence-corrected chi connectivity index (χ1v) is 7.70. The van der Waals surface area contributed by atoms with Crippen LogP contribution in [-0.2, 0) is 9.59 Å². The molecule has 0 saturated carbocycles. The Bertz CT molecular complexity index is 365. The van der Waals surface area contributed by atoms with Crippen LogP contribution in [0.15, 0.2) is 0 Å². The van der Waals surface area contributed by atoms with E-state index >= 15 is 0 Å². The highest BCUT2D eigenvalue weighted by Gasteiger charge is 2.25. The van der Waals surface area contributed by atoms with E-state index in [0.29, 0.717) is 37.1 Å². The number of nitriles is 1. The highest BCUT2D eigenvalue weighted by Crippen LogP contribution is 2.15. The Morgan fingerprint density at radius 1 is 1.53 bits per heavy atom. The van der Waals surface area contributed by atoms with Crippen LogP contribution in [0.3, 0.4) is 0 Å². The van der Waals surface area contributed by atoms with Gasteiger partial charge in [0.2, 0.25) is 11.8 Å². The minimum atomic E-state index is -0.0493. The van der Waals surface area contributed by atoms with Crippen LogP contribution in [0, 0.1) is 17.2 Å². The van der Waals surface area contributed by atoms with Gasteiger partial charge in [-0.2, -0.15) is 5.26 Å². The second-order valence-electron chi connectivity index (χ2n) is 5.04. The van der Waals surface area contributed by atoms with Crippen molar-refractivity contribution < 1.29 is 9.59 Å². The van der Waals surface area contributed by atoms with Gasteiger partial charge in [0.1, 0.15) is 6.54 Å². The lowest BCUT2D eigenvalue weighted by Crippen LogP contribution is -2.42. The molecule has 1 fully saturated rings. The molecule has 106 valence electrons. The molecule has 0 atom stereocenters. The first-order valence-electron chi connectivity index (χ1n) is 6.54. The molecule has 5 nitrogen and oxygen atoms in total. The van der Waals surface area contributed by atoms with Crippen LogP contribution in [-0.4, -0.2) is 52.9 Å². The van der Waals surface area contributed by atoms with Crippen molar-refractivity contribution >= 4 is 23.6 Å². The number of rotatable bonds is 7. The third-order valence-corrected chi connectivity index (χ3v) is 3.92. The third kappa shape index (κ3) is 5.52. The van der Waals surface area contributed by atoms with Gasteiger partial charge in [0, 0.05) is 13.1 Å². The quantitative estimate of drug-likeness (QED) is 0.706. The second kappa shape index (κ2) is 8.05. The van der Waals surface area contributed by atoms with Gasteiger partial charge in [-0.3, -0.25) is 9.59 Å². The zero-order chi connectivity index (χ0) is 14.3. The van der Waals surface area contributed by atoms with Gasteiger partial charge >= 0.3 is 0 Å². The number of nitrogens with zero attached hydrogens (tertiary/aromatic N) is 3. The fourth-order valence-corrected chi connectivity index (χ4v) is 2.67. The number of thioether (sulfide) groups is 1. The standard InChI is InChI=1S/C13H21N3O2S/c1-11(2)4-7-15(6-3-5-14)12(17)8-16-10-19-9-13(16)18/h11H,3-4,6-10H2,1-2H3. The lowest BCUT2D eigenvalue weighted by atomic mass is 10.1. The Morgan fingerprint density at radius 2 is 2.26 bits per heavy atom. The first kappa shape index (κ1) is 15.8. The van der Waals surface area contributed by atoms with Gasteiger partial charge in [-0.25, -0.2) is 0 Å². The summed E-state index contributed by atoms with van der Waals surface area (Å²) in [7, 11) is 0. The molecule has 2 amide bonds. The summed E-state index contributed by atoms with van der Waals surface area (Å²) in [5.41, 5.74) is 0. The SMILES string of the molecule is CC(C)CCN(CCC#N)C(=O)CN1CSCC1=O. The Morgan fingerprint density at radius 3 is 2.79 bits per heavy atom. The number of hydrogen-bond donors (Lipinski definition) is 0. The third-order valence-electron chi connectivity index (χ3n) is 2.97. The van der Waals surface area contributed by atoms with Crippen molar-refractivity contribution in [1.29, 1.82) is 5.26 Å². The van der Waals surface area contributed by atoms with Crippen molar-refractivity contribution in [2.24, 2.45) is 5.92 Å². The Balaban J connectivity index is 2.49. The maximum atomic E-state index is 12.2. The van der Waals surface area contributed by atoms with E-state index in [4.69, 9.17) is 5.26 Å². The predicted molar refractivity (Wildman–Crippen MR) is 75.3 cm³/mol. The van der Waals surface area contributed by atoms with Crippen LogP contribution in [0.4, 0.5) is 0 Å². The smallest absolute Gasteiger partial charge is 0.242 e. The number of amides is 2. The van der Waals surface area contributed by atoms with Crippen LogP contribution < -0.4 is 0 Å². The molecular formula is C13H21N3O2S. The van der Waals surface area contributed by atoms with Crippen molar-refractivity contribution in [2.75, 3.05) is 31.3 Å². The van der Waals surface area contributed by atoms with E-state index < -0.39 is 0 Å². The molecule has 0 spiro atoms. The minimum absolute atomic E-state index is 0.0300. The predicted octanol–water partition coefficient (Wildman–Crippen LogP) is 1.31. The van der Waals surface area contributed by atoms with Crippen LogP contribution >= 0.6 is 11.8 Å². The summed E-state index contributed by atoms with van der Waals surface area (Å²) in [5.74, 6) is 1.56. The Labute approximate surface area is 118 Å². The van der Waals surface area contributed by atoms with Crippen LogP contribution in [0.2, 0.25) is 0 Å². The van der Waals surface area contributed by atoms with E-state index in [1.165, 1.54) is 11.8 Å². The molecule has 0 aromatic carbocycles. The van der Waals surface area contributed by atoms with E-state index in [9.17, 15) is 9.59 Å². The summed E-state index contributed by atoms with van der Waals surface area (Å²) < 4.78 is 0. The number of carbonyl (C=O) groups is 2. The Kier molecular flexibility index (Phi) is 6.71.